The fourth-order valence-corrected chi connectivity index (χ4v) is 2.62. The van der Waals surface area contributed by atoms with Crippen LogP contribution in [0.2, 0.25) is 0 Å². The Kier molecular flexibility index (Phi) is 4.47. The van der Waals surface area contributed by atoms with E-state index in [4.69, 9.17) is 5.11 Å². The molecule has 0 aromatic heterocycles. The maximum Gasteiger partial charge on any atom is 0.335 e. The van der Waals surface area contributed by atoms with Crippen LogP contribution >= 0.6 is 0 Å². The number of urea groups is 1. The Labute approximate surface area is 123 Å². The fraction of sp³-hybridized carbons (Fsp3) is 0.467. The van der Waals surface area contributed by atoms with Gasteiger partial charge in [0.1, 0.15) is 0 Å². The van der Waals surface area contributed by atoms with Gasteiger partial charge in [-0.15, -0.1) is 0 Å². The van der Waals surface area contributed by atoms with Crippen molar-refractivity contribution in [2.24, 2.45) is 0 Å². The third-order valence-electron chi connectivity index (χ3n) is 3.80. The van der Waals surface area contributed by atoms with Crippen LogP contribution in [0.3, 0.4) is 0 Å². The number of carboxylic acid groups (broad SMARTS) is 1. The van der Waals surface area contributed by atoms with Crippen LogP contribution in [0.5, 0.6) is 0 Å². The van der Waals surface area contributed by atoms with Crippen molar-refractivity contribution in [1.29, 1.82) is 0 Å². The van der Waals surface area contributed by atoms with Crippen LogP contribution in [0.25, 0.3) is 0 Å². The van der Waals surface area contributed by atoms with Crippen molar-refractivity contribution in [2.45, 2.75) is 31.3 Å². The minimum atomic E-state index is -1.01. The molecule has 2 amide bonds. The van der Waals surface area contributed by atoms with Crippen LogP contribution in [0.15, 0.2) is 24.3 Å². The Balaban J connectivity index is 1.92. The molecule has 1 saturated carbocycles. The summed E-state index contributed by atoms with van der Waals surface area (Å²) in [4.78, 5) is 24.3. The summed E-state index contributed by atoms with van der Waals surface area (Å²) in [7, 11) is 1.64. The van der Waals surface area contributed by atoms with Gasteiger partial charge in [0, 0.05) is 12.7 Å². The first-order valence-corrected chi connectivity index (χ1v) is 6.97. The molecule has 0 aliphatic heterocycles. The van der Waals surface area contributed by atoms with Gasteiger partial charge in [-0.3, -0.25) is 0 Å². The van der Waals surface area contributed by atoms with Crippen molar-refractivity contribution >= 4 is 17.7 Å². The zero-order chi connectivity index (χ0) is 15.5. The van der Waals surface area contributed by atoms with Crippen molar-refractivity contribution in [3.05, 3.63) is 29.8 Å². The van der Waals surface area contributed by atoms with Crippen molar-refractivity contribution in [3.8, 4) is 0 Å². The van der Waals surface area contributed by atoms with E-state index in [0.717, 1.165) is 25.7 Å². The van der Waals surface area contributed by atoms with Crippen LogP contribution in [-0.2, 0) is 0 Å². The summed E-state index contributed by atoms with van der Waals surface area (Å²) in [6.45, 7) is 0.298. The molecule has 1 aromatic carbocycles. The minimum Gasteiger partial charge on any atom is -0.478 e. The second kappa shape index (κ2) is 6.13. The molecule has 114 valence electrons. The van der Waals surface area contributed by atoms with E-state index in [-0.39, 0.29) is 11.6 Å². The van der Waals surface area contributed by atoms with Crippen LogP contribution in [0.4, 0.5) is 10.5 Å². The summed E-state index contributed by atoms with van der Waals surface area (Å²) in [5.41, 5.74) is -0.0870. The molecule has 0 spiro atoms. The first-order chi connectivity index (χ1) is 9.89. The maximum atomic E-state index is 12.0. The number of hydrogen-bond acceptors (Lipinski definition) is 3. The molecule has 0 saturated heterocycles. The molecule has 0 atom stereocenters. The Morgan fingerprint density at radius 1 is 1.24 bits per heavy atom. The third-order valence-corrected chi connectivity index (χ3v) is 3.80. The SMILES string of the molecule is CN(CC1(O)CCCC1)C(=O)Nc1ccc(C(=O)O)cc1. The smallest absolute Gasteiger partial charge is 0.335 e. The highest BCUT2D eigenvalue weighted by Gasteiger charge is 2.33. The van der Waals surface area contributed by atoms with Gasteiger partial charge in [0.2, 0.25) is 0 Å². The van der Waals surface area contributed by atoms with E-state index in [2.05, 4.69) is 5.32 Å². The number of rotatable bonds is 4. The number of benzene rings is 1. The maximum absolute atomic E-state index is 12.0. The van der Waals surface area contributed by atoms with Crippen LogP contribution < -0.4 is 5.32 Å². The first-order valence-electron chi connectivity index (χ1n) is 6.97. The fourth-order valence-electron chi connectivity index (χ4n) is 2.62. The van der Waals surface area contributed by atoms with E-state index in [1.807, 2.05) is 0 Å². The number of aliphatic hydroxyl groups is 1. The van der Waals surface area contributed by atoms with E-state index in [0.29, 0.717) is 12.2 Å². The topological polar surface area (TPSA) is 89.9 Å². The number of hydrogen-bond donors (Lipinski definition) is 3. The highest BCUT2D eigenvalue weighted by molar-refractivity contribution is 5.91. The van der Waals surface area contributed by atoms with E-state index >= 15 is 0 Å². The van der Waals surface area contributed by atoms with Crippen molar-refractivity contribution in [1.82, 2.24) is 4.90 Å². The summed E-state index contributed by atoms with van der Waals surface area (Å²) in [6, 6.07) is 5.63. The number of nitrogens with zero attached hydrogens (tertiary/aromatic N) is 1. The van der Waals surface area contributed by atoms with Crippen molar-refractivity contribution in [3.63, 3.8) is 0 Å². The predicted molar refractivity (Wildman–Crippen MR) is 78.5 cm³/mol. The van der Waals surface area contributed by atoms with Gasteiger partial charge < -0.3 is 20.4 Å². The van der Waals surface area contributed by atoms with Gasteiger partial charge in [-0.05, 0) is 37.1 Å². The Bertz CT molecular complexity index is 521. The molecule has 2 rings (SSSR count). The van der Waals surface area contributed by atoms with E-state index in [1.54, 1.807) is 19.2 Å². The van der Waals surface area contributed by atoms with Gasteiger partial charge in [-0.1, -0.05) is 12.8 Å². The zero-order valence-electron chi connectivity index (χ0n) is 12.0. The van der Waals surface area contributed by atoms with Crippen LogP contribution in [-0.4, -0.2) is 46.3 Å². The lowest BCUT2D eigenvalue weighted by Gasteiger charge is -2.28. The third kappa shape index (κ3) is 3.95. The average molecular weight is 292 g/mol. The van der Waals surface area contributed by atoms with Gasteiger partial charge in [0.15, 0.2) is 0 Å². The molecule has 6 nitrogen and oxygen atoms in total. The van der Waals surface area contributed by atoms with Gasteiger partial charge >= 0.3 is 12.0 Å². The van der Waals surface area contributed by atoms with Crippen molar-refractivity contribution in [2.75, 3.05) is 18.9 Å². The Morgan fingerprint density at radius 3 is 2.33 bits per heavy atom. The zero-order valence-corrected chi connectivity index (χ0v) is 12.0. The normalized spacial score (nSPS) is 16.5. The molecule has 1 aromatic rings. The molecule has 0 heterocycles. The molecule has 1 fully saturated rings. The van der Waals surface area contributed by atoms with E-state index < -0.39 is 11.6 Å². The lowest BCUT2D eigenvalue weighted by atomic mass is 10.0. The molecular formula is C15H20N2O4. The van der Waals surface area contributed by atoms with E-state index in [9.17, 15) is 14.7 Å². The number of nitrogens with one attached hydrogen (secondary N) is 1. The average Bonchev–Trinajstić information content (AvgIpc) is 2.85. The molecule has 21 heavy (non-hydrogen) atoms. The van der Waals surface area contributed by atoms with Gasteiger partial charge in [0.05, 0.1) is 17.7 Å². The number of anilines is 1. The number of carbonyl (C=O) groups excluding carboxylic acids is 1. The largest absolute Gasteiger partial charge is 0.478 e. The lowest BCUT2D eigenvalue weighted by molar-refractivity contribution is 0.0261. The summed E-state index contributed by atoms with van der Waals surface area (Å²) in [5.74, 6) is -1.01. The van der Waals surface area contributed by atoms with Crippen molar-refractivity contribution < 1.29 is 19.8 Å². The predicted octanol–water partition coefficient (Wildman–Crippen LogP) is 2.15. The molecule has 0 unspecified atom stereocenters. The van der Waals surface area contributed by atoms with Crippen LogP contribution in [0.1, 0.15) is 36.0 Å². The van der Waals surface area contributed by atoms with Crippen LogP contribution in [0, 0.1) is 0 Å². The Morgan fingerprint density at radius 2 is 1.81 bits per heavy atom. The number of aromatic carboxylic acids is 1. The van der Waals surface area contributed by atoms with Gasteiger partial charge in [-0.2, -0.15) is 0 Å². The molecule has 0 radical (unpaired) electrons. The summed E-state index contributed by atoms with van der Waals surface area (Å²) >= 11 is 0. The number of likely N-dealkylation sites (N-methyl/N-ethyl adjacent to an activating group) is 1. The second-order valence-electron chi connectivity index (χ2n) is 5.60. The summed E-state index contributed by atoms with van der Waals surface area (Å²) in [6.07, 6.45) is 3.42. The summed E-state index contributed by atoms with van der Waals surface area (Å²) in [5, 5.41) is 21.8. The molecular weight excluding hydrogens is 272 g/mol. The van der Waals surface area contributed by atoms with E-state index in [1.165, 1.54) is 17.0 Å². The van der Waals surface area contributed by atoms with Gasteiger partial charge in [0.25, 0.3) is 0 Å². The van der Waals surface area contributed by atoms with Gasteiger partial charge in [-0.25, -0.2) is 9.59 Å². The summed E-state index contributed by atoms with van der Waals surface area (Å²) < 4.78 is 0. The Hall–Kier alpha value is -2.08. The molecule has 3 N–H and O–H groups in total. The number of amides is 2. The molecule has 0 bridgehead atoms. The quantitative estimate of drug-likeness (QED) is 0.793. The second-order valence-corrected chi connectivity index (χ2v) is 5.60. The number of carbonyl (C=O) groups is 2. The highest BCUT2D eigenvalue weighted by Crippen LogP contribution is 2.30. The lowest BCUT2D eigenvalue weighted by Crippen LogP contribution is -2.43. The molecule has 6 heteroatoms. The first kappa shape index (κ1) is 15.3. The molecule has 1 aliphatic rings. The minimum absolute atomic E-state index is 0.168. The standard InChI is InChI=1S/C15H20N2O4/c1-17(10-15(21)8-2-3-9-15)14(20)16-12-6-4-11(5-7-12)13(18)19/h4-7,21H,2-3,8-10H2,1H3,(H,16,20)(H,18,19). The monoisotopic (exact) mass is 292 g/mol. The molecule has 1 aliphatic carbocycles. The number of carboxylic acids is 1. The highest BCUT2D eigenvalue weighted by atomic mass is 16.4.